The highest BCUT2D eigenvalue weighted by atomic mass is 32.2. The van der Waals surface area contributed by atoms with Gasteiger partial charge in [0.15, 0.2) is 0 Å². The molecule has 0 saturated carbocycles. The van der Waals surface area contributed by atoms with E-state index in [1.165, 1.54) is 0 Å². The van der Waals surface area contributed by atoms with Crippen LogP contribution in [0, 0.1) is 11.3 Å². The van der Waals surface area contributed by atoms with E-state index in [1.54, 1.807) is 29.0 Å². The van der Waals surface area contributed by atoms with Crippen molar-refractivity contribution in [3.05, 3.63) is 35.4 Å². The Balaban J connectivity index is 2.65. The number of methoxy groups -OCH3 is 1. The lowest BCUT2D eigenvalue weighted by atomic mass is 10.1. The fourth-order valence-corrected chi connectivity index (χ4v) is 1.85. The van der Waals surface area contributed by atoms with Gasteiger partial charge >= 0.3 is 16.3 Å². The summed E-state index contributed by atoms with van der Waals surface area (Å²) in [5.74, 6) is 0. The Morgan fingerprint density at radius 3 is 2.83 bits per heavy atom. The van der Waals surface area contributed by atoms with Gasteiger partial charge in [0.05, 0.1) is 18.7 Å². The van der Waals surface area contributed by atoms with Crippen LogP contribution in [0.2, 0.25) is 0 Å². The van der Waals surface area contributed by atoms with E-state index < -0.39 is 16.3 Å². The zero-order chi connectivity index (χ0) is 13.6. The van der Waals surface area contributed by atoms with E-state index in [1.807, 2.05) is 6.07 Å². The second-order valence-electron chi connectivity index (χ2n) is 3.23. The number of hydrogen-bond donors (Lipinski definition) is 2. The SMILES string of the molecule is COC(=O)NS(=O)(=O)NCc1cccc(C#N)c1. The third-order valence-corrected chi connectivity index (χ3v) is 2.89. The molecule has 18 heavy (non-hydrogen) atoms. The lowest BCUT2D eigenvalue weighted by Crippen LogP contribution is -2.39. The number of nitrogens with zero attached hydrogens (tertiary/aromatic N) is 1. The summed E-state index contributed by atoms with van der Waals surface area (Å²) in [5.41, 5.74) is 1.02. The maximum Gasteiger partial charge on any atom is 0.421 e. The molecule has 0 heterocycles. The number of ether oxygens (including phenoxy) is 1. The number of nitrogens with one attached hydrogen (secondary N) is 2. The number of carbonyl (C=O) groups is 1. The molecule has 0 radical (unpaired) electrons. The van der Waals surface area contributed by atoms with Gasteiger partial charge in [0.25, 0.3) is 0 Å². The first-order valence-electron chi connectivity index (χ1n) is 4.81. The minimum Gasteiger partial charge on any atom is -0.452 e. The minimum absolute atomic E-state index is 0.0398. The number of benzene rings is 1. The van der Waals surface area contributed by atoms with Crippen LogP contribution in [0.4, 0.5) is 4.79 Å². The fraction of sp³-hybridized carbons (Fsp3) is 0.200. The van der Waals surface area contributed by atoms with Gasteiger partial charge in [-0.25, -0.2) is 9.52 Å². The van der Waals surface area contributed by atoms with Gasteiger partial charge in [-0.1, -0.05) is 12.1 Å². The zero-order valence-electron chi connectivity index (χ0n) is 9.50. The van der Waals surface area contributed by atoms with Crippen LogP contribution in [0.3, 0.4) is 0 Å². The normalized spacial score (nSPS) is 10.4. The second kappa shape index (κ2) is 6.00. The number of nitriles is 1. The first-order chi connectivity index (χ1) is 8.46. The molecule has 0 saturated heterocycles. The van der Waals surface area contributed by atoms with Crippen molar-refractivity contribution in [2.45, 2.75) is 6.54 Å². The van der Waals surface area contributed by atoms with E-state index in [0.717, 1.165) is 7.11 Å². The smallest absolute Gasteiger partial charge is 0.421 e. The molecule has 7 nitrogen and oxygen atoms in total. The van der Waals surface area contributed by atoms with Crippen LogP contribution in [0.15, 0.2) is 24.3 Å². The molecule has 2 N–H and O–H groups in total. The Morgan fingerprint density at radius 1 is 1.50 bits per heavy atom. The Bertz CT molecular complexity index is 577. The molecular formula is C10H11N3O4S. The average Bonchev–Trinajstić information content (AvgIpc) is 2.36. The third-order valence-electron chi connectivity index (χ3n) is 1.93. The Kier molecular flexibility index (Phi) is 4.65. The highest BCUT2D eigenvalue weighted by molar-refractivity contribution is 7.88. The highest BCUT2D eigenvalue weighted by Gasteiger charge is 2.13. The van der Waals surface area contributed by atoms with Crippen molar-refractivity contribution in [2.75, 3.05) is 7.11 Å². The molecule has 0 unspecified atom stereocenters. The molecule has 0 fully saturated rings. The van der Waals surface area contributed by atoms with Gasteiger partial charge in [0.2, 0.25) is 0 Å². The van der Waals surface area contributed by atoms with Crippen LogP contribution < -0.4 is 9.44 Å². The molecule has 0 aromatic heterocycles. The summed E-state index contributed by atoms with van der Waals surface area (Å²) in [6.07, 6.45) is -1.08. The van der Waals surface area contributed by atoms with Crippen LogP contribution in [0.1, 0.15) is 11.1 Å². The van der Waals surface area contributed by atoms with Crippen molar-refractivity contribution in [1.29, 1.82) is 5.26 Å². The molecule has 0 bridgehead atoms. The van der Waals surface area contributed by atoms with E-state index in [4.69, 9.17) is 5.26 Å². The third kappa shape index (κ3) is 4.40. The van der Waals surface area contributed by atoms with Crippen LogP contribution in [-0.2, 0) is 21.5 Å². The van der Waals surface area contributed by atoms with Crippen LogP contribution in [0.5, 0.6) is 0 Å². The zero-order valence-corrected chi connectivity index (χ0v) is 10.3. The molecule has 0 atom stereocenters. The maximum absolute atomic E-state index is 11.3. The van der Waals surface area contributed by atoms with Gasteiger partial charge in [-0.3, -0.25) is 0 Å². The number of amides is 1. The number of hydrogen-bond acceptors (Lipinski definition) is 5. The molecule has 0 aliphatic rings. The molecule has 1 aromatic carbocycles. The highest BCUT2D eigenvalue weighted by Crippen LogP contribution is 2.03. The monoisotopic (exact) mass is 269 g/mol. The summed E-state index contributed by atoms with van der Waals surface area (Å²) in [7, 11) is -2.91. The van der Waals surface area contributed by atoms with Crippen molar-refractivity contribution in [3.8, 4) is 6.07 Å². The molecular weight excluding hydrogens is 258 g/mol. The van der Waals surface area contributed by atoms with Crippen molar-refractivity contribution < 1.29 is 17.9 Å². The molecule has 1 aromatic rings. The average molecular weight is 269 g/mol. The van der Waals surface area contributed by atoms with Crippen molar-refractivity contribution in [2.24, 2.45) is 0 Å². The van der Waals surface area contributed by atoms with E-state index >= 15 is 0 Å². The first-order valence-corrected chi connectivity index (χ1v) is 6.29. The molecule has 96 valence electrons. The van der Waals surface area contributed by atoms with Crippen LogP contribution in [-0.4, -0.2) is 21.6 Å². The Hall–Kier alpha value is -2.11. The molecule has 8 heteroatoms. The lowest BCUT2D eigenvalue weighted by molar-refractivity contribution is 0.177. The summed E-state index contributed by atoms with van der Waals surface area (Å²) in [4.78, 5) is 10.7. The van der Waals surface area contributed by atoms with Gasteiger partial charge in [0.1, 0.15) is 0 Å². The van der Waals surface area contributed by atoms with Crippen molar-refractivity contribution in [3.63, 3.8) is 0 Å². The van der Waals surface area contributed by atoms with Gasteiger partial charge < -0.3 is 4.74 Å². The van der Waals surface area contributed by atoms with Gasteiger partial charge in [-0.2, -0.15) is 18.4 Å². The van der Waals surface area contributed by atoms with E-state index in [9.17, 15) is 13.2 Å². The fourth-order valence-electron chi connectivity index (χ4n) is 1.12. The topological polar surface area (TPSA) is 108 Å². The molecule has 1 rings (SSSR count). The summed E-state index contributed by atoms with van der Waals surface area (Å²) in [5, 5.41) is 8.68. The summed E-state index contributed by atoms with van der Waals surface area (Å²) in [6, 6.07) is 8.37. The quantitative estimate of drug-likeness (QED) is 0.814. The predicted molar refractivity (Wildman–Crippen MR) is 62.5 cm³/mol. The van der Waals surface area contributed by atoms with Gasteiger partial charge in [-0.15, -0.1) is 0 Å². The molecule has 1 amide bonds. The summed E-state index contributed by atoms with van der Waals surface area (Å²) < 4.78 is 30.6. The molecule has 0 aliphatic heterocycles. The standard InChI is InChI=1S/C10H11N3O4S/c1-17-10(14)13-18(15,16)12-7-9-4-2-3-8(5-9)6-11/h2-5,12H,7H2,1H3,(H,13,14). The number of rotatable bonds is 4. The van der Waals surface area contributed by atoms with Crippen LogP contribution in [0.25, 0.3) is 0 Å². The Morgan fingerprint density at radius 2 is 2.22 bits per heavy atom. The van der Waals surface area contributed by atoms with Gasteiger partial charge in [0, 0.05) is 6.54 Å². The van der Waals surface area contributed by atoms with Gasteiger partial charge in [-0.05, 0) is 17.7 Å². The second-order valence-corrected chi connectivity index (χ2v) is 4.73. The van der Waals surface area contributed by atoms with Crippen LogP contribution >= 0.6 is 0 Å². The lowest BCUT2D eigenvalue weighted by Gasteiger charge is -2.07. The number of carbonyl (C=O) groups excluding carboxylic acids is 1. The molecule has 0 aliphatic carbocycles. The minimum atomic E-state index is -3.97. The summed E-state index contributed by atoms with van der Waals surface area (Å²) in [6.45, 7) is -0.0398. The summed E-state index contributed by atoms with van der Waals surface area (Å²) >= 11 is 0. The predicted octanol–water partition coefficient (Wildman–Crippen LogP) is 0.249. The van der Waals surface area contributed by atoms with E-state index in [2.05, 4.69) is 9.46 Å². The first kappa shape index (κ1) is 14.0. The van der Waals surface area contributed by atoms with E-state index in [0.29, 0.717) is 11.1 Å². The van der Waals surface area contributed by atoms with Crippen molar-refractivity contribution in [1.82, 2.24) is 9.44 Å². The van der Waals surface area contributed by atoms with E-state index in [-0.39, 0.29) is 6.54 Å². The maximum atomic E-state index is 11.3. The Labute approximate surface area is 105 Å². The van der Waals surface area contributed by atoms with Crippen molar-refractivity contribution >= 4 is 16.3 Å². The molecule has 0 spiro atoms. The largest absolute Gasteiger partial charge is 0.452 e.